The summed E-state index contributed by atoms with van der Waals surface area (Å²) in [5.74, 6) is -0.421. The van der Waals surface area contributed by atoms with Crippen molar-refractivity contribution in [2.24, 2.45) is 0 Å². The van der Waals surface area contributed by atoms with Crippen molar-refractivity contribution in [1.82, 2.24) is 4.90 Å². The molecule has 114 valence electrons. The Balaban J connectivity index is 2.28. The van der Waals surface area contributed by atoms with E-state index in [-0.39, 0.29) is 0 Å². The summed E-state index contributed by atoms with van der Waals surface area (Å²) in [5.41, 5.74) is 1.49. The molecule has 0 N–H and O–H groups in total. The first kappa shape index (κ1) is 15.4. The molecule has 0 fully saturated rings. The fourth-order valence-electron chi connectivity index (χ4n) is 2.38. The van der Waals surface area contributed by atoms with Crippen LogP contribution in [0.15, 0.2) is 24.3 Å². The highest BCUT2D eigenvalue weighted by Gasteiger charge is 2.37. The van der Waals surface area contributed by atoms with Crippen molar-refractivity contribution < 1.29 is 19.1 Å². The summed E-state index contributed by atoms with van der Waals surface area (Å²) in [4.78, 5) is 25.8. The Morgan fingerprint density at radius 1 is 1.19 bits per heavy atom. The highest BCUT2D eigenvalue weighted by molar-refractivity contribution is 5.82. The Labute approximate surface area is 124 Å². The number of carbonyl (C=O) groups is 2. The molecule has 1 heterocycles. The van der Waals surface area contributed by atoms with Gasteiger partial charge >= 0.3 is 12.1 Å². The molecule has 1 aromatic rings. The molecule has 0 aliphatic carbocycles. The third-order valence-corrected chi connectivity index (χ3v) is 3.35. The third-order valence-electron chi connectivity index (χ3n) is 3.35. The second-order valence-electron chi connectivity index (χ2n) is 6.12. The molecule has 5 nitrogen and oxygen atoms in total. The molecule has 1 amide bonds. The van der Waals surface area contributed by atoms with Crippen LogP contribution in [0, 0.1) is 0 Å². The normalized spacial score (nSPS) is 17.9. The molecule has 0 radical (unpaired) electrons. The van der Waals surface area contributed by atoms with Crippen molar-refractivity contribution in [3.63, 3.8) is 0 Å². The Bertz CT molecular complexity index is 547. The maximum Gasteiger partial charge on any atom is 0.411 e. The molecule has 1 unspecified atom stereocenters. The predicted molar refractivity (Wildman–Crippen MR) is 77.7 cm³/mol. The van der Waals surface area contributed by atoms with Gasteiger partial charge in [0.15, 0.2) is 0 Å². The van der Waals surface area contributed by atoms with E-state index in [1.165, 1.54) is 12.0 Å². The molecule has 1 aliphatic rings. The van der Waals surface area contributed by atoms with Crippen molar-refractivity contribution in [2.45, 2.75) is 45.4 Å². The lowest BCUT2D eigenvalue weighted by Crippen LogP contribution is -2.50. The van der Waals surface area contributed by atoms with Gasteiger partial charge in [0.2, 0.25) is 0 Å². The minimum absolute atomic E-state index is 0.352. The number of carbonyl (C=O) groups excluding carboxylic acids is 2. The van der Waals surface area contributed by atoms with Crippen molar-refractivity contribution >= 4 is 12.1 Å². The van der Waals surface area contributed by atoms with E-state index in [0.717, 1.165) is 11.1 Å². The quantitative estimate of drug-likeness (QED) is 0.746. The molecule has 5 heteroatoms. The fraction of sp³-hybridized carbons (Fsp3) is 0.500. The number of fused-ring (bicyclic) bond motifs is 1. The van der Waals surface area contributed by atoms with Gasteiger partial charge in [0, 0.05) is 6.42 Å². The minimum Gasteiger partial charge on any atom is -0.467 e. The molecule has 1 atom stereocenters. The SMILES string of the molecule is COC(=O)C1Cc2ccccc2CN1C(=O)OC(C)(C)C. The first-order valence-corrected chi connectivity index (χ1v) is 6.96. The highest BCUT2D eigenvalue weighted by Crippen LogP contribution is 2.25. The monoisotopic (exact) mass is 291 g/mol. The molecule has 0 saturated heterocycles. The van der Waals surface area contributed by atoms with Crippen LogP contribution in [0.25, 0.3) is 0 Å². The molecule has 1 aliphatic heterocycles. The van der Waals surface area contributed by atoms with E-state index < -0.39 is 23.7 Å². The van der Waals surface area contributed by atoms with Crippen LogP contribution >= 0.6 is 0 Å². The number of hydrogen-bond acceptors (Lipinski definition) is 4. The van der Waals surface area contributed by atoms with E-state index >= 15 is 0 Å². The van der Waals surface area contributed by atoms with E-state index in [4.69, 9.17) is 9.47 Å². The van der Waals surface area contributed by atoms with Crippen molar-refractivity contribution in [1.29, 1.82) is 0 Å². The van der Waals surface area contributed by atoms with E-state index in [9.17, 15) is 9.59 Å². The zero-order valence-electron chi connectivity index (χ0n) is 12.9. The Morgan fingerprint density at radius 2 is 1.81 bits per heavy atom. The summed E-state index contributed by atoms with van der Waals surface area (Å²) in [7, 11) is 1.33. The van der Waals surface area contributed by atoms with E-state index in [0.29, 0.717) is 13.0 Å². The Morgan fingerprint density at radius 3 is 2.38 bits per heavy atom. The minimum atomic E-state index is -0.639. The van der Waals surface area contributed by atoms with Crippen LogP contribution in [-0.2, 0) is 27.2 Å². The van der Waals surface area contributed by atoms with E-state index in [2.05, 4.69) is 0 Å². The molecular weight excluding hydrogens is 270 g/mol. The zero-order chi connectivity index (χ0) is 15.6. The van der Waals surface area contributed by atoms with Gasteiger partial charge in [-0.2, -0.15) is 0 Å². The van der Waals surface area contributed by atoms with E-state index in [1.807, 2.05) is 24.3 Å². The largest absolute Gasteiger partial charge is 0.467 e. The predicted octanol–water partition coefficient (Wildman–Crippen LogP) is 2.52. The summed E-state index contributed by atoms with van der Waals surface area (Å²) < 4.78 is 10.2. The number of nitrogens with zero attached hydrogens (tertiary/aromatic N) is 1. The summed E-state index contributed by atoms with van der Waals surface area (Å²) in [6.07, 6.45) is -0.0466. The second kappa shape index (κ2) is 5.76. The van der Waals surface area contributed by atoms with E-state index in [1.54, 1.807) is 20.8 Å². The highest BCUT2D eigenvalue weighted by atomic mass is 16.6. The maximum atomic E-state index is 12.4. The van der Waals surface area contributed by atoms with Crippen LogP contribution in [0.4, 0.5) is 4.79 Å². The Hall–Kier alpha value is -2.04. The molecule has 21 heavy (non-hydrogen) atoms. The molecule has 0 saturated carbocycles. The lowest BCUT2D eigenvalue weighted by atomic mass is 9.94. The molecular formula is C16H21NO4. The molecule has 2 rings (SSSR count). The van der Waals surface area contributed by atoms with Crippen molar-refractivity contribution in [3.05, 3.63) is 35.4 Å². The maximum absolute atomic E-state index is 12.4. The van der Waals surface area contributed by atoms with Crippen LogP contribution in [-0.4, -0.2) is 35.7 Å². The number of ether oxygens (including phenoxy) is 2. The van der Waals surface area contributed by atoms with Crippen LogP contribution in [0.1, 0.15) is 31.9 Å². The second-order valence-corrected chi connectivity index (χ2v) is 6.12. The van der Waals surface area contributed by atoms with Crippen LogP contribution in [0.3, 0.4) is 0 Å². The first-order valence-electron chi connectivity index (χ1n) is 6.96. The number of amides is 1. The van der Waals surface area contributed by atoms with Crippen LogP contribution in [0.5, 0.6) is 0 Å². The summed E-state index contributed by atoms with van der Waals surface area (Å²) in [6.45, 7) is 5.76. The fourth-order valence-corrected chi connectivity index (χ4v) is 2.38. The average molecular weight is 291 g/mol. The van der Waals surface area contributed by atoms with Gasteiger partial charge in [-0.05, 0) is 31.9 Å². The van der Waals surface area contributed by atoms with Gasteiger partial charge in [0.25, 0.3) is 0 Å². The number of esters is 1. The molecule has 0 spiro atoms. The number of hydrogen-bond donors (Lipinski definition) is 0. The van der Waals surface area contributed by atoms with Gasteiger partial charge in [-0.3, -0.25) is 4.90 Å². The average Bonchev–Trinajstić information content (AvgIpc) is 2.43. The third kappa shape index (κ3) is 3.54. The number of rotatable bonds is 1. The van der Waals surface area contributed by atoms with Gasteiger partial charge in [0.1, 0.15) is 11.6 Å². The zero-order valence-corrected chi connectivity index (χ0v) is 12.9. The molecule has 1 aromatic carbocycles. The van der Waals surface area contributed by atoms with Crippen molar-refractivity contribution in [2.75, 3.05) is 7.11 Å². The summed E-state index contributed by atoms with van der Waals surface area (Å²) >= 11 is 0. The van der Waals surface area contributed by atoms with Gasteiger partial charge in [0.05, 0.1) is 13.7 Å². The summed E-state index contributed by atoms with van der Waals surface area (Å²) in [5, 5.41) is 0. The first-order chi connectivity index (χ1) is 9.81. The Kier molecular flexibility index (Phi) is 4.21. The smallest absolute Gasteiger partial charge is 0.411 e. The number of benzene rings is 1. The number of methoxy groups -OCH3 is 1. The summed E-state index contributed by atoms with van der Waals surface area (Å²) in [6, 6.07) is 7.14. The lowest BCUT2D eigenvalue weighted by Gasteiger charge is -2.36. The van der Waals surface area contributed by atoms with Gasteiger partial charge < -0.3 is 9.47 Å². The van der Waals surface area contributed by atoms with Crippen molar-refractivity contribution in [3.8, 4) is 0 Å². The molecule has 0 aromatic heterocycles. The molecule has 0 bridgehead atoms. The van der Waals surface area contributed by atoms with Crippen LogP contribution < -0.4 is 0 Å². The standard InChI is InChI=1S/C16H21NO4/c1-16(2,3)21-15(19)17-10-12-8-6-5-7-11(12)9-13(17)14(18)20-4/h5-8,13H,9-10H2,1-4H3. The van der Waals surface area contributed by atoms with Gasteiger partial charge in [-0.25, -0.2) is 9.59 Å². The lowest BCUT2D eigenvalue weighted by molar-refractivity contribution is -0.147. The topological polar surface area (TPSA) is 55.8 Å². The van der Waals surface area contributed by atoms with Gasteiger partial charge in [-0.1, -0.05) is 24.3 Å². The van der Waals surface area contributed by atoms with Gasteiger partial charge in [-0.15, -0.1) is 0 Å². The van der Waals surface area contributed by atoms with Crippen LogP contribution in [0.2, 0.25) is 0 Å².